The van der Waals surface area contributed by atoms with Gasteiger partial charge in [-0.25, -0.2) is 4.39 Å². The summed E-state index contributed by atoms with van der Waals surface area (Å²) in [5, 5.41) is 3.44. The van der Waals surface area contributed by atoms with Crippen molar-refractivity contribution in [2.75, 3.05) is 6.54 Å². The van der Waals surface area contributed by atoms with Crippen LogP contribution in [-0.2, 0) is 6.42 Å². The largest absolute Gasteiger partial charge is 0.488 e. The van der Waals surface area contributed by atoms with Gasteiger partial charge in [-0.05, 0) is 42.8 Å². The van der Waals surface area contributed by atoms with Crippen molar-refractivity contribution in [3.8, 4) is 5.75 Å². The van der Waals surface area contributed by atoms with Gasteiger partial charge in [-0.15, -0.1) is 0 Å². The maximum absolute atomic E-state index is 13.1. The molecular weight excluding hydrogens is 255 g/mol. The molecule has 4 heteroatoms. The van der Waals surface area contributed by atoms with Crippen molar-refractivity contribution < 1.29 is 9.13 Å². The van der Waals surface area contributed by atoms with Crippen molar-refractivity contribution in [1.82, 2.24) is 10.3 Å². The first-order chi connectivity index (χ1) is 9.72. The summed E-state index contributed by atoms with van der Waals surface area (Å²) in [6.07, 6.45) is 4.40. The molecule has 0 saturated carbocycles. The second kappa shape index (κ2) is 5.59. The van der Waals surface area contributed by atoms with E-state index in [1.54, 1.807) is 24.5 Å². The Morgan fingerprint density at radius 3 is 2.95 bits per heavy atom. The number of nitrogens with one attached hydrogen (secondary N) is 1. The Morgan fingerprint density at radius 2 is 2.15 bits per heavy atom. The van der Waals surface area contributed by atoms with Crippen LogP contribution in [0.4, 0.5) is 4.39 Å². The number of benzene rings is 1. The predicted octanol–water partition coefficient (Wildman–Crippen LogP) is 2.88. The van der Waals surface area contributed by atoms with Crippen LogP contribution in [0.15, 0.2) is 42.7 Å². The fourth-order valence-electron chi connectivity index (χ4n) is 2.48. The third kappa shape index (κ3) is 2.80. The number of aromatic nitrogens is 1. The lowest BCUT2D eigenvalue weighted by molar-refractivity contribution is 0.222. The molecule has 3 nitrogen and oxygen atoms in total. The molecular formula is C16H17FN2O. The molecule has 1 aliphatic heterocycles. The monoisotopic (exact) mass is 272 g/mol. The average molecular weight is 272 g/mol. The minimum atomic E-state index is -0.203. The molecule has 2 heterocycles. The van der Waals surface area contributed by atoms with Crippen LogP contribution in [-0.4, -0.2) is 17.6 Å². The number of pyridine rings is 1. The molecule has 0 spiro atoms. The topological polar surface area (TPSA) is 34.1 Å². The summed E-state index contributed by atoms with van der Waals surface area (Å²) in [7, 11) is 0. The quantitative estimate of drug-likeness (QED) is 0.929. The van der Waals surface area contributed by atoms with Crippen molar-refractivity contribution in [3.05, 3.63) is 59.7 Å². The maximum atomic E-state index is 13.1. The van der Waals surface area contributed by atoms with Crippen molar-refractivity contribution in [3.63, 3.8) is 0 Å². The minimum Gasteiger partial charge on any atom is -0.488 e. The van der Waals surface area contributed by atoms with E-state index in [1.165, 1.54) is 11.6 Å². The fraction of sp³-hybridized carbons (Fsp3) is 0.312. The van der Waals surface area contributed by atoms with E-state index >= 15 is 0 Å². The summed E-state index contributed by atoms with van der Waals surface area (Å²) in [5.74, 6) is 0.598. The first-order valence-corrected chi connectivity index (χ1v) is 6.81. The molecule has 1 aromatic heterocycles. The smallest absolute Gasteiger partial charge is 0.123 e. The Hall–Kier alpha value is -1.94. The summed E-state index contributed by atoms with van der Waals surface area (Å²) < 4.78 is 19.0. The highest BCUT2D eigenvalue weighted by atomic mass is 19.1. The first-order valence-electron chi connectivity index (χ1n) is 6.81. The normalized spacial score (nSPS) is 18.4. The van der Waals surface area contributed by atoms with Crippen molar-refractivity contribution in [2.24, 2.45) is 0 Å². The minimum absolute atomic E-state index is 0.0658. The molecule has 1 aromatic carbocycles. The van der Waals surface area contributed by atoms with Gasteiger partial charge >= 0.3 is 0 Å². The molecule has 0 saturated heterocycles. The lowest BCUT2D eigenvalue weighted by Crippen LogP contribution is -2.31. The molecule has 1 N–H and O–H groups in total. The van der Waals surface area contributed by atoms with Gasteiger partial charge in [0.15, 0.2) is 0 Å². The summed E-state index contributed by atoms with van der Waals surface area (Å²) in [4.78, 5) is 4.01. The molecule has 3 rings (SSSR count). The first kappa shape index (κ1) is 13.1. The highest BCUT2D eigenvalue weighted by molar-refractivity contribution is 5.38. The second-order valence-corrected chi connectivity index (χ2v) is 5.11. The van der Waals surface area contributed by atoms with Crippen LogP contribution in [0.1, 0.15) is 24.1 Å². The lowest BCUT2D eigenvalue weighted by Gasteiger charge is -2.17. The Labute approximate surface area is 117 Å². The van der Waals surface area contributed by atoms with Crippen LogP contribution < -0.4 is 10.1 Å². The van der Waals surface area contributed by atoms with Gasteiger partial charge in [0, 0.05) is 37.0 Å². The standard InChI is InChI=1S/C16H17FN2O/c1-11(12-4-6-18-7-5-12)19-10-15-9-13-8-14(17)2-3-16(13)20-15/h2-8,11,15,19H,9-10H2,1H3/t11-,15?/m1/s1. The van der Waals surface area contributed by atoms with Crippen LogP contribution >= 0.6 is 0 Å². The van der Waals surface area contributed by atoms with Gasteiger partial charge in [0.05, 0.1) is 0 Å². The van der Waals surface area contributed by atoms with Crippen LogP contribution in [0.3, 0.4) is 0 Å². The molecule has 1 unspecified atom stereocenters. The van der Waals surface area contributed by atoms with E-state index in [1.807, 2.05) is 12.1 Å². The molecule has 104 valence electrons. The van der Waals surface area contributed by atoms with E-state index in [4.69, 9.17) is 4.74 Å². The predicted molar refractivity (Wildman–Crippen MR) is 75.2 cm³/mol. The second-order valence-electron chi connectivity index (χ2n) is 5.11. The Kier molecular flexibility index (Phi) is 3.65. The highest BCUT2D eigenvalue weighted by Crippen LogP contribution is 2.29. The Balaban J connectivity index is 1.56. The Bertz CT molecular complexity index is 588. The molecule has 1 aliphatic rings. The van der Waals surface area contributed by atoms with Gasteiger partial charge in [-0.3, -0.25) is 4.98 Å². The van der Waals surface area contributed by atoms with E-state index in [-0.39, 0.29) is 18.0 Å². The third-order valence-electron chi connectivity index (χ3n) is 3.62. The summed E-state index contributed by atoms with van der Waals surface area (Å²) in [6, 6.07) is 8.93. The van der Waals surface area contributed by atoms with E-state index in [2.05, 4.69) is 17.2 Å². The fourth-order valence-corrected chi connectivity index (χ4v) is 2.48. The maximum Gasteiger partial charge on any atom is 0.123 e. The molecule has 0 bridgehead atoms. The summed E-state index contributed by atoms with van der Waals surface area (Å²) in [5.41, 5.74) is 2.15. The van der Waals surface area contributed by atoms with Gasteiger partial charge < -0.3 is 10.1 Å². The number of ether oxygens (including phenoxy) is 1. The number of fused-ring (bicyclic) bond motifs is 1. The van der Waals surface area contributed by atoms with E-state index in [9.17, 15) is 4.39 Å². The summed E-state index contributed by atoms with van der Waals surface area (Å²) in [6.45, 7) is 2.84. The molecule has 0 amide bonds. The SMILES string of the molecule is C[C@@H](NCC1Cc2cc(F)ccc2O1)c1ccncc1. The van der Waals surface area contributed by atoms with Gasteiger partial charge in [-0.1, -0.05) is 0 Å². The zero-order valence-electron chi connectivity index (χ0n) is 11.3. The zero-order chi connectivity index (χ0) is 13.9. The number of rotatable bonds is 4. The molecule has 0 fully saturated rings. The summed E-state index contributed by atoms with van der Waals surface area (Å²) >= 11 is 0. The van der Waals surface area contributed by atoms with Gasteiger partial charge in [-0.2, -0.15) is 0 Å². The van der Waals surface area contributed by atoms with Crippen LogP contribution in [0.5, 0.6) is 5.75 Å². The van der Waals surface area contributed by atoms with E-state index < -0.39 is 0 Å². The zero-order valence-corrected chi connectivity index (χ0v) is 11.3. The number of nitrogens with zero attached hydrogens (tertiary/aromatic N) is 1. The van der Waals surface area contributed by atoms with Crippen molar-refractivity contribution in [2.45, 2.75) is 25.5 Å². The Morgan fingerprint density at radius 1 is 1.35 bits per heavy atom. The molecule has 20 heavy (non-hydrogen) atoms. The highest BCUT2D eigenvalue weighted by Gasteiger charge is 2.23. The number of hydrogen-bond donors (Lipinski definition) is 1. The molecule has 2 aromatic rings. The van der Waals surface area contributed by atoms with Gasteiger partial charge in [0.2, 0.25) is 0 Å². The van der Waals surface area contributed by atoms with Crippen molar-refractivity contribution in [1.29, 1.82) is 0 Å². The van der Waals surface area contributed by atoms with Crippen molar-refractivity contribution >= 4 is 0 Å². The van der Waals surface area contributed by atoms with Crippen LogP contribution in [0.25, 0.3) is 0 Å². The number of hydrogen-bond acceptors (Lipinski definition) is 3. The third-order valence-corrected chi connectivity index (χ3v) is 3.62. The van der Waals surface area contributed by atoms with Crippen LogP contribution in [0, 0.1) is 5.82 Å². The lowest BCUT2D eigenvalue weighted by atomic mass is 10.1. The van der Waals surface area contributed by atoms with Gasteiger partial charge in [0.25, 0.3) is 0 Å². The molecule has 0 aliphatic carbocycles. The van der Waals surface area contributed by atoms with Crippen LogP contribution in [0.2, 0.25) is 0 Å². The number of halogens is 1. The average Bonchev–Trinajstić information content (AvgIpc) is 2.87. The van der Waals surface area contributed by atoms with E-state index in [0.29, 0.717) is 0 Å². The van der Waals surface area contributed by atoms with Gasteiger partial charge in [0.1, 0.15) is 17.7 Å². The molecule has 0 radical (unpaired) electrons. The molecule has 2 atom stereocenters. The van der Waals surface area contributed by atoms with E-state index in [0.717, 1.165) is 24.3 Å².